The van der Waals surface area contributed by atoms with Gasteiger partial charge in [0.15, 0.2) is 11.5 Å². The molecular weight excluding hydrogens is 435 g/mol. The van der Waals surface area contributed by atoms with Crippen LogP contribution in [0.5, 0.6) is 11.5 Å². The van der Waals surface area contributed by atoms with Crippen molar-refractivity contribution >= 4 is 23.0 Å². The summed E-state index contributed by atoms with van der Waals surface area (Å²) in [5.74, 6) is -0.637. The second-order valence-electron chi connectivity index (χ2n) is 7.68. The van der Waals surface area contributed by atoms with E-state index in [2.05, 4.69) is 20.2 Å². The molecule has 0 atom stereocenters. The van der Waals surface area contributed by atoms with Gasteiger partial charge in [-0.3, -0.25) is 5.43 Å². The van der Waals surface area contributed by atoms with Crippen LogP contribution in [0.2, 0.25) is 0 Å². The number of urea groups is 1. The number of carbonyl (C=O) groups excluding carboxylic acids is 1. The van der Waals surface area contributed by atoms with Crippen molar-refractivity contribution in [2.24, 2.45) is 0 Å². The molecule has 2 heterocycles. The summed E-state index contributed by atoms with van der Waals surface area (Å²) in [7, 11) is 0. The molecule has 0 radical (unpaired) electrons. The quantitative estimate of drug-likeness (QED) is 0.559. The molecule has 0 aliphatic carbocycles. The van der Waals surface area contributed by atoms with Crippen LogP contribution in [0.3, 0.4) is 0 Å². The summed E-state index contributed by atoms with van der Waals surface area (Å²) in [6.45, 7) is 2.17. The molecule has 5 rings (SSSR count). The molecule has 168 valence electrons. The molecule has 33 heavy (non-hydrogen) atoms. The fraction of sp³-hybridized carbons (Fsp3) is 0.125. The van der Waals surface area contributed by atoms with E-state index in [0.717, 1.165) is 22.3 Å². The van der Waals surface area contributed by atoms with Gasteiger partial charge in [0.2, 0.25) is 0 Å². The van der Waals surface area contributed by atoms with Gasteiger partial charge in [0.1, 0.15) is 5.82 Å². The van der Waals surface area contributed by atoms with E-state index < -0.39 is 12.3 Å². The van der Waals surface area contributed by atoms with E-state index in [1.807, 2.05) is 31.2 Å². The number of hydrogen-bond acceptors (Lipinski definition) is 4. The van der Waals surface area contributed by atoms with E-state index in [1.165, 1.54) is 35.3 Å². The lowest BCUT2D eigenvalue weighted by Crippen LogP contribution is -2.40. The monoisotopic (exact) mass is 453 g/mol. The highest BCUT2D eigenvalue weighted by atomic mass is 19.3. The Labute approximate surface area is 187 Å². The zero-order valence-electron chi connectivity index (χ0n) is 17.4. The fourth-order valence-electron chi connectivity index (χ4n) is 3.67. The number of hydrogen-bond donors (Lipinski definition) is 2. The van der Waals surface area contributed by atoms with Crippen LogP contribution in [-0.4, -0.2) is 23.9 Å². The minimum absolute atomic E-state index is 0.112. The first-order chi connectivity index (χ1) is 15.8. The molecule has 0 fully saturated rings. The molecule has 2 amide bonds. The molecule has 0 saturated heterocycles. The van der Waals surface area contributed by atoms with Crippen molar-refractivity contribution in [2.75, 3.05) is 11.9 Å². The number of carbonyl (C=O) groups is 1. The molecule has 2 N–H and O–H groups in total. The summed E-state index contributed by atoms with van der Waals surface area (Å²) in [6, 6.07) is 17.3. The molecule has 0 unspecified atom stereocenters. The largest absolute Gasteiger partial charge is 0.586 e. The molecule has 3 aromatic rings. The third-order valence-corrected chi connectivity index (χ3v) is 5.30. The molecule has 0 saturated carbocycles. The molecule has 2 aliphatic rings. The number of anilines is 1. The summed E-state index contributed by atoms with van der Waals surface area (Å²) >= 11 is 0. The maximum Gasteiger partial charge on any atom is 0.586 e. The Kier molecular flexibility index (Phi) is 4.88. The molecule has 3 aromatic carbocycles. The first kappa shape index (κ1) is 20.7. The Morgan fingerprint density at radius 3 is 2.36 bits per heavy atom. The number of fused-ring (bicyclic) bond motifs is 1. The predicted octanol–water partition coefficient (Wildman–Crippen LogP) is 5.38. The summed E-state index contributed by atoms with van der Waals surface area (Å²) in [4.78, 5) is 12.9. The highest BCUT2D eigenvalue weighted by molar-refractivity contribution is 5.98. The third kappa shape index (κ3) is 4.17. The van der Waals surface area contributed by atoms with Crippen molar-refractivity contribution in [3.63, 3.8) is 0 Å². The maximum atomic E-state index is 13.5. The number of nitrogens with one attached hydrogen (secondary N) is 2. The smallest absolute Gasteiger partial charge is 0.395 e. The number of nitrogens with zero attached hydrogens (tertiary/aromatic N) is 1. The number of aryl methyl sites for hydroxylation is 1. The van der Waals surface area contributed by atoms with Crippen LogP contribution in [0.25, 0.3) is 11.3 Å². The minimum atomic E-state index is -3.74. The number of amides is 2. The van der Waals surface area contributed by atoms with E-state index in [0.29, 0.717) is 5.70 Å². The van der Waals surface area contributed by atoms with Crippen LogP contribution < -0.4 is 20.2 Å². The SMILES string of the molecule is Cc1ccc(C2=C(c3ccc(F)cc3)CN(C(=O)Nc3ccc4c(c3)OC(F)(F)O4)N2)cc1. The van der Waals surface area contributed by atoms with Crippen LogP contribution in [0.1, 0.15) is 16.7 Å². The van der Waals surface area contributed by atoms with Gasteiger partial charge >= 0.3 is 12.3 Å². The number of hydrazine groups is 1. The highest BCUT2D eigenvalue weighted by Gasteiger charge is 2.43. The van der Waals surface area contributed by atoms with E-state index in [-0.39, 0.29) is 29.5 Å². The van der Waals surface area contributed by atoms with Crippen molar-refractivity contribution in [3.8, 4) is 11.5 Å². The zero-order chi connectivity index (χ0) is 23.2. The van der Waals surface area contributed by atoms with Gasteiger partial charge in [0, 0.05) is 17.3 Å². The highest BCUT2D eigenvalue weighted by Crippen LogP contribution is 2.42. The topological polar surface area (TPSA) is 62.8 Å². The Bertz CT molecular complexity index is 1200. The lowest BCUT2D eigenvalue weighted by atomic mass is 10.00. The van der Waals surface area contributed by atoms with Crippen molar-refractivity contribution in [2.45, 2.75) is 13.2 Å². The number of benzene rings is 3. The molecular formula is C24H18F3N3O3. The fourth-order valence-corrected chi connectivity index (χ4v) is 3.67. The van der Waals surface area contributed by atoms with Gasteiger partial charge in [-0.25, -0.2) is 14.2 Å². The van der Waals surface area contributed by atoms with Crippen LogP contribution in [-0.2, 0) is 0 Å². The van der Waals surface area contributed by atoms with Crippen LogP contribution in [0.4, 0.5) is 23.7 Å². The summed E-state index contributed by atoms with van der Waals surface area (Å²) < 4.78 is 48.8. The van der Waals surface area contributed by atoms with Gasteiger partial charge in [0.25, 0.3) is 0 Å². The molecule has 2 aliphatic heterocycles. The second kappa shape index (κ2) is 7.77. The predicted molar refractivity (Wildman–Crippen MR) is 116 cm³/mol. The van der Waals surface area contributed by atoms with Crippen LogP contribution in [0.15, 0.2) is 66.7 Å². The number of rotatable bonds is 3. The lowest BCUT2D eigenvalue weighted by Gasteiger charge is -2.19. The average molecular weight is 453 g/mol. The number of alkyl halides is 2. The summed E-state index contributed by atoms with van der Waals surface area (Å²) in [5.41, 5.74) is 7.59. The molecule has 6 nitrogen and oxygen atoms in total. The number of halogens is 3. The maximum absolute atomic E-state index is 13.5. The first-order valence-corrected chi connectivity index (χ1v) is 10.1. The van der Waals surface area contributed by atoms with Crippen molar-refractivity contribution in [1.82, 2.24) is 10.4 Å². The Morgan fingerprint density at radius 1 is 0.970 bits per heavy atom. The normalized spacial score (nSPS) is 16.1. The zero-order valence-corrected chi connectivity index (χ0v) is 17.4. The summed E-state index contributed by atoms with van der Waals surface area (Å²) in [6.07, 6.45) is -3.74. The van der Waals surface area contributed by atoms with E-state index in [9.17, 15) is 18.0 Å². The third-order valence-electron chi connectivity index (χ3n) is 5.30. The van der Waals surface area contributed by atoms with Crippen molar-refractivity contribution in [3.05, 3.63) is 89.2 Å². The molecule has 0 spiro atoms. The average Bonchev–Trinajstić information content (AvgIpc) is 3.34. The Morgan fingerprint density at radius 2 is 1.64 bits per heavy atom. The molecule has 9 heteroatoms. The van der Waals surface area contributed by atoms with E-state index >= 15 is 0 Å². The van der Waals surface area contributed by atoms with Gasteiger partial charge in [0.05, 0.1) is 12.2 Å². The lowest BCUT2D eigenvalue weighted by molar-refractivity contribution is -0.286. The Hall–Kier alpha value is -4.14. The van der Waals surface area contributed by atoms with Crippen LogP contribution >= 0.6 is 0 Å². The van der Waals surface area contributed by atoms with Gasteiger partial charge in [-0.1, -0.05) is 42.0 Å². The van der Waals surface area contributed by atoms with Crippen molar-refractivity contribution < 1.29 is 27.4 Å². The minimum Gasteiger partial charge on any atom is -0.395 e. The number of ether oxygens (including phenoxy) is 2. The molecule has 0 aromatic heterocycles. The van der Waals surface area contributed by atoms with E-state index in [4.69, 9.17) is 0 Å². The van der Waals surface area contributed by atoms with Crippen LogP contribution in [0, 0.1) is 12.7 Å². The van der Waals surface area contributed by atoms with Gasteiger partial charge in [-0.2, -0.15) is 0 Å². The van der Waals surface area contributed by atoms with Gasteiger partial charge in [-0.05, 0) is 42.3 Å². The van der Waals surface area contributed by atoms with Gasteiger partial charge in [-0.15, -0.1) is 8.78 Å². The van der Waals surface area contributed by atoms with E-state index in [1.54, 1.807) is 12.1 Å². The second-order valence-corrected chi connectivity index (χ2v) is 7.68. The Balaban J connectivity index is 1.39. The summed E-state index contributed by atoms with van der Waals surface area (Å²) in [5, 5.41) is 4.01. The standard InChI is InChI=1S/C24H18F3N3O3/c1-14-2-4-16(5-3-14)22-19(15-6-8-17(25)9-7-15)13-30(29-22)23(31)28-18-10-11-20-21(12-18)33-24(26,27)32-20/h2-12,29H,13H2,1H3,(H,28,31). The molecule has 0 bridgehead atoms. The first-order valence-electron chi connectivity index (χ1n) is 10.1. The van der Waals surface area contributed by atoms with Crippen molar-refractivity contribution in [1.29, 1.82) is 0 Å². The van der Waals surface area contributed by atoms with Gasteiger partial charge < -0.3 is 14.8 Å².